The first-order valence-electron chi connectivity index (χ1n) is 11.4. The van der Waals surface area contributed by atoms with Crippen LogP contribution in [0.1, 0.15) is 44.2 Å². The fraction of sp³-hybridized carbons (Fsp3) is 0.440. The summed E-state index contributed by atoms with van der Waals surface area (Å²) in [6.45, 7) is 5.88. The fourth-order valence-corrected chi connectivity index (χ4v) is 4.67. The fourth-order valence-electron chi connectivity index (χ4n) is 3.63. The van der Waals surface area contributed by atoms with Crippen LogP contribution in [0, 0.1) is 6.92 Å². The Balaban J connectivity index is 2.41. The van der Waals surface area contributed by atoms with Crippen LogP contribution in [0.2, 0.25) is 5.02 Å². The Hall–Kier alpha value is -2.58. The Kier molecular flexibility index (Phi) is 10.4. The summed E-state index contributed by atoms with van der Waals surface area (Å²) in [5.74, 6) is -0.748. The molecule has 0 radical (unpaired) electrons. The molecular weight excluding hydrogens is 474 g/mol. The Bertz CT molecular complexity index is 1090. The van der Waals surface area contributed by atoms with Gasteiger partial charge in [0.15, 0.2) is 0 Å². The third-order valence-electron chi connectivity index (χ3n) is 5.48. The molecule has 0 unspecified atom stereocenters. The van der Waals surface area contributed by atoms with E-state index in [0.717, 1.165) is 29.0 Å². The van der Waals surface area contributed by atoms with Crippen molar-refractivity contribution in [1.29, 1.82) is 0 Å². The molecule has 0 saturated heterocycles. The second-order valence-corrected chi connectivity index (χ2v) is 10.6. The van der Waals surface area contributed by atoms with Crippen molar-refractivity contribution in [1.82, 2.24) is 10.2 Å². The highest BCUT2D eigenvalue weighted by Crippen LogP contribution is 2.22. The predicted octanol–water partition coefficient (Wildman–Crippen LogP) is 4.14. The molecule has 0 heterocycles. The Morgan fingerprint density at radius 3 is 2.38 bits per heavy atom. The van der Waals surface area contributed by atoms with E-state index in [-0.39, 0.29) is 12.5 Å². The summed E-state index contributed by atoms with van der Waals surface area (Å²) < 4.78 is 26.3. The maximum atomic E-state index is 13.6. The second-order valence-electron chi connectivity index (χ2n) is 8.29. The summed E-state index contributed by atoms with van der Waals surface area (Å²) in [4.78, 5) is 28.0. The minimum Gasteiger partial charge on any atom is -0.354 e. The molecule has 0 aliphatic carbocycles. The number of carbonyl (C=O) groups is 2. The maximum Gasteiger partial charge on any atom is 0.244 e. The molecule has 2 aromatic carbocycles. The van der Waals surface area contributed by atoms with Gasteiger partial charge in [-0.1, -0.05) is 62.2 Å². The van der Waals surface area contributed by atoms with E-state index in [9.17, 15) is 18.0 Å². The molecular formula is C25H34ClN3O4S. The summed E-state index contributed by atoms with van der Waals surface area (Å²) in [6, 6.07) is 13.3. The van der Waals surface area contributed by atoms with E-state index >= 15 is 0 Å². The van der Waals surface area contributed by atoms with Gasteiger partial charge in [-0.3, -0.25) is 13.9 Å². The lowest BCUT2D eigenvalue weighted by Crippen LogP contribution is -2.52. The van der Waals surface area contributed by atoms with Crippen molar-refractivity contribution in [2.24, 2.45) is 0 Å². The standard InChI is InChI=1S/C25H34ClN3O4S/c1-5-7-15-27-25(31)23(6-2)28(17-20-12-8-9-14-22(20)26)24(30)18-29(34(4,32)33)21-13-10-11-19(3)16-21/h8-14,16,23H,5-7,15,17-18H2,1-4H3,(H,27,31)/t23-/m1/s1. The van der Waals surface area contributed by atoms with E-state index in [1.807, 2.05) is 32.9 Å². The van der Waals surface area contributed by atoms with Gasteiger partial charge < -0.3 is 10.2 Å². The predicted molar refractivity (Wildman–Crippen MR) is 137 cm³/mol. The topological polar surface area (TPSA) is 86.8 Å². The zero-order chi connectivity index (χ0) is 25.3. The van der Waals surface area contributed by atoms with Crippen LogP contribution in [0.4, 0.5) is 5.69 Å². The van der Waals surface area contributed by atoms with Crippen LogP contribution in [0.15, 0.2) is 48.5 Å². The van der Waals surface area contributed by atoms with Gasteiger partial charge in [0.1, 0.15) is 12.6 Å². The van der Waals surface area contributed by atoms with E-state index in [0.29, 0.717) is 29.2 Å². The second kappa shape index (κ2) is 12.8. The molecule has 1 N–H and O–H groups in total. The molecule has 0 aliphatic rings. The van der Waals surface area contributed by atoms with E-state index < -0.39 is 28.5 Å². The quantitative estimate of drug-likeness (QED) is 0.437. The maximum absolute atomic E-state index is 13.6. The number of nitrogens with one attached hydrogen (secondary N) is 1. The number of sulfonamides is 1. The van der Waals surface area contributed by atoms with Crippen LogP contribution < -0.4 is 9.62 Å². The third kappa shape index (κ3) is 7.74. The molecule has 7 nitrogen and oxygen atoms in total. The van der Waals surface area contributed by atoms with Crippen LogP contribution in [0.25, 0.3) is 0 Å². The summed E-state index contributed by atoms with van der Waals surface area (Å²) in [7, 11) is -3.76. The van der Waals surface area contributed by atoms with Crippen LogP contribution >= 0.6 is 11.6 Å². The van der Waals surface area contributed by atoms with E-state index in [1.165, 1.54) is 4.90 Å². The van der Waals surface area contributed by atoms with Gasteiger partial charge in [-0.25, -0.2) is 8.42 Å². The lowest BCUT2D eigenvalue weighted by atomic mass is 10.1. The van der Waals surface area contributed by atoms with Crippen LogP contribution in [-0.4, -0.2) is 50.5 Å². The highest BCUT2D eigenvalue weighted by molar-refractivity contribution is 7.92. The number of amides is 2. The highest BCUT2D eigenvalue weighted by Gasteiger charge is 2.32. The van der Waals surface area contributed by atoms with Gasteiger partial charge in [0.25, 0.3) is 0 Å². The smallest absolute Gasteiger partial charge is 0.244 e. The first-order valence-corrected chi connectivity index (χ1v) is 13.7. The Morgan fingerprint density at radius 2 is 1.79 bits per heavy atom. The minimum absolute atomic E-state index is 0.0869. The van der Waals surface area contributed by atoms with Gasteiger partial charge in [0.2, 0.25) is 21.8 Å². The number of benzene rings is 2. The number of unbranched alkanes of at least 4 members (excludes halogenated alkanes) is 1. The molecule has 0 fully saturated rings. The number of nitrogens with zero attached hydrogens (tertiary/aromatic N) is 2. The number of aryl methyl sites for hydroxylation is 1. The molecule has 0 aromatic heterocycles. The first kappa shape index (κ1) is 27.7. The lowest BCUT2D eigenvalue weighted by molar-refractivity contribution is -0.140. The summed E-state index contributed by atoms with van der Waals surface area (Å²) in [5.41, 5.74) is 1.95. The average molecular weight is 508 g/mol. The Morgan fingerprint density at radius 1 is 1.09 bits per heavy atom. The third-order valence-corrected chi connectivity index (χ3v) is 6.99. The minimum atomic E-state index is -3.76. The van der Waals surface area contributed by atoms with Gasteiger partial charge >= 0.3 is 0 Å². The molecule has 9 heteroatoms. The van der Waals surface area contributed by atoms with Gasteiger partial charge in [-0.2, -0.15) is 0 Å². The van der Waals surface area contributed by atoms with E-state index in [2.05, 4.69) is 5.32 Å². The number of rotatable bonds is 12. The normalized spacial score (nSPS) is 12.1. The molecule has 2 aromatic rings. The molecule has 186 valence electrons. The van der Waals surface area contributed by atoms with Crippen molar-refractivity contribution in [2.45, 2.75) is 52.6 Å². The highest BCUT2D eigenvalue weighted by atomic mass is 35.5. The number of anilines is 1. The number of hydrogen-bond donors (Lipinski definition) is 1. The number of hydrogen-bond acceptors (Lipinski definition) is 4. The largest absolute Gasteiger partial charge is 0.354 e. The molecule has 1 atom stereocenters. The first-order chi connectivity index (χ1) is 16.1. The molecule has 0 bridgehead atoms. The van der Waals surface area contributed by atoms with Crippen molar-refractivity contribution in [3.63, 3.8) is 0 Å². The summed E-state index contributed by atoms with van der Waals surface area (Å²) >= 11 is 6.35. The van der Waals surface area contributed by atoms with E-state index in [1.54, 1.807) is 36.4 Å². The number of carbonyl (C=O) groups excluding carboxylic acids is 2. The lowest BCUT2D eigenvalue weighted by Gasteiger charge is -2.33. The molecule has 0 saturated carbocycles. The van der Waals surface area contributed by atoms with Gasteiger partial charge in [0, 0.05) is 18.1 Å². The van der Waals surface area contributed by atoms with Crippen LogP contribution in [-0.2, 0) is 26.2 Å². The molecule has 2 amide bonds. The van der Waals surface area contributed by atoms with Crippen molar-refractivity contribution >= 4 is 39.1 Å². The Labute approximate surface area is 208 Å². The zero-order valence-corrected chi connectivity index (χ0v) is 21.8. The molecule has 0 aliphatic heterocycles. The van der Waals surface area contributed by atoms with Crippen molar-refractivity contribution in [3.8, 4) is 0 Å². The molecule has 34 heavy (non-hydrogen) atoms. The SMILES string of the molecule is CCCCNC(=O)[C@@H](CC)N(Cc1ccccc1Cl)C(=O)CN(c1cccc(C)c1)S(C)(=O)=O. The monoisotopic (exact) mass is 507 g/mol. The van der Waals surface area contributed by atoms with Gasteiger partial charge in [-0.15, -0.1) is 0 Å². The van der Waals surface area contributed by atoms with E-state index in [4.69, 9.17) is 11.6 Å². The van der Waals surface area contributed by atoms with Crippen molar-refractivity contribution in [2.75, 3.05) is 23.7 Å². The van der Waals surface area contributed by atoms with Crippen LogP contribution in [0.5, 0.6) is 0 Å². The van der Waals surface area contributed by atoms with Gasteiger partial charge in [0.05, 0.1) is 11.9 Å². The summed E-state index contributed by atoms with van der Waals surface area (Å²) in [5, 5.41) is 3.37. The molecule has 0 spiro atoms. The van der Waals surface area contributed by atoms with Gasteiger partial charge in [-0.05, 0) is 49.1 Å². The average Bonchev–Trinajstić information content (AvgIpc) is 2.77. The number of halogens is 1. The molecule has 2 rings (SSSR count). The van der Waals surface area contributed by atoms with Crippen molar-refractivity contribution < 1.29 is 18.0 Å². The van der Waals surface area contributed by atoms with Crippen LogP contribution in [0.3, 0.4) is 0 Å². The zero-order valence-electron chi connectivity index (χ0n) is 20.3. The summed E-state index contributed by atoms with van der Waals surface area (Å²) in [6.07, 6.45) is 3.20. The van der Waals surface area contributed by atoms with Crippen molar-refractivity contribution in [3.05, 3.63) is 64.7 Å².